The molecule has 0 aliphatic carbocycles. The van der Waals surface area contributed by atoms with E-state index in [2.05, 4.69) is 60.9 Å². The number of carbonyl (C=O) groups excluding carboxylic acids is 1. The van der Waals surface area contributed by atoms with E-state index in [0.717, 1.165) is 26.1 Å². The summed E-state index contributed by atoms with van der Waals surface area (Å²) in [7, 11) is 0. The second-order valence-corrected chi connectivity index (χ2v) is 8.05. The van der Waals surface area contributed by atoms with Gasteiger partial charge in [0, 0.05) is 31.2 Å². The lowest BCUT2D eigenvalue weighted by atomic mass is 9.74. The molecule has 0 saturated carbocycles. The number of nitrogens with one attached hydrogen (secondary N) is 2. The molecule has 1 saturated heterocycles. The smallest absolute Gasteiger partial charge is 0.234 e. The molecule has 3 rings (SSSR count). The molecule has 4 nitrogen and oxygen atoms in total. The van der Waals surface area contributed by atoms with E-state index in [4.69, 9.17) is 4.74 Å². The number of amides is 1. The molecule has 4 heteroatoms. The van der Waals surface area contributed by atoms with E-state index in [9.17, 15) is 4.79 Å². The van der Waals surface area contributed by atoms with Crippen molar-refractivity contribution in [1.82, 2.24) is 10.6 Å². The van der Waals surface area contributed by atoms with Crippen molar-refractivity contribution in [2.75, 3.05) is 26.3 Å². The number of carbonyl (C=O) groups is 1. The van der Waals surface area contributed by atoms with Gasteiger partial charge in [0.15, 0.2) is 0 Å². The summed E-state index contributed by atoms with van der Waals surface area (Å²) in [5.41, 5.74) is 2.47. The fraction of sp³-hybridized carbons (Fsp3) is 0.458. The second kappa shape index (κ2) is 9.85. The Morgan fingerprint density at radius 1 is 1.00 bits per heavy atom. The molecule has 150 valence electrons. The molecular weight excluding hydrogens is 348 g/mol. The van der Waals surface area contributed by atoms with Gasteiger partial charge in [-0.15, -0.1) is 0 Å². The van der Waals surface area contributed by atoms with Crippen LogP contribution in [0.5, 0.6) is 0 Å². The van der Waals surface area contributed by atoms with Crippen LogP contribution in [0.4, 0.5) is 0 Å². The highest BCUT2D eigenvalue weighted by Gasteiger charge is 2.34. The summed E-state index contributed by atoms with van der Waals surface area (Å²) in [4.78, 5) is 12.6. The van der Waals surface area contributed by atoms with Gasteiger partial charge in [-0.3, -0.25) is 4.79 Å². The highest BCUT2D eigenvalue weighted by atomic mass is 16.5. The van der Waals surface area contributed by atoms with Crippen LogP contribution in [0.3, 0.4) is 0 Å². The Bertz CT molecular complexity index is 725. The van der Waals surface area contributed by atoms with E-state index >= 15 is 0 Å². The molecule has 1 amide bonds. The molecule has 0 aromatic heterocycles. The molecule has 2 aromatic rings. The van der Waals surface area contributed by atoms with Gasteiger partial charge in [-0.2, -0.15) is 0 Å². The van der Waals surface area contributed by atoms with E-state index in [-0.39, 0.29) is 17.4 Å². The highest BCUT2D eigenvalue weighted by molar-refractivity contribution is 5.78. The van der Waals surface area contributed by atoms with Crippen molar-refractivity contribution in [2.45, 2.75) is 38.1 Å². The number of hydrogen-bond donors (Lipinski definition) is 2. The summed E-state index contributed by atoms with van der Waals surface area (Å²) in [6, 6.07) is 21.0. The fourth-order valence-corrected chi connectivity index (χ4v) is 4.05. The van der Waals surface area contributed by atoms with E-state index in [1.165, 1.54) is 11.1 Å². The predicted molar refractivity (Wildman–Crippen MR) is 113 cm³/mol. The second-order valence-electron chi connectivity index (χ2n) is 8.05. The van der Waals surface area contributed by atoms with Crippen LogP contribution in [-0.2, 0) is 14.9 Å². The van der Waals surface area contributed by atoms with E-state index < -0.39 is 0 Å². The molecule has 0 spiro atoms. The van der Waals surface area contributed by atoms with Crippen molar-refractivity contribution in [3.8, 4) is 0 Å². The molecule has 1 aliphatic heterocycles. The number of ether oxygens (including phenoxy) is 1. The average molecular weight is 381 g/mol. The summed E-state index contributed by atoms with van der Waals surface area (Å²) in [5, 5.41) is 6.62. The molecule has 0 radical (unpaired) electrons. The number of rotatable bonds is 8. The maximum absolute atomic E-state index is 12.6. The van der Waals surface area contributed by atoms with Crippen LogP contribution in [-0.4, -0.2) is 32.2 Å². The molecule has 2 aromatic carbocycles. The van der Waals surface area contributed by atoms with Crippen LogP contribution in [0, 0.1) is 5.92 Å². The van der Waals surface area contributed by atoms with Gasteiger partial charge in [-0.05, 0) is 29.9 Å². The first-order valence-corrected chi connectivity index (χ1v) is 10.3. The minimum Gasteiger partial charge on any atom is -0.381 e. The maximum Gasteiger partial charge on any atom is 0.234 e. The van der Waals surface area contributed by atoms with Crippen molar-refractivity contribution in [3.63, 3.8) is 0 Å². The van der Waals surface area contributed by atoms with Crippen LogP contribution >= 0.6 is 0 Å². The van der Waals surface area contributed by atoms with Gasteiger partial charge in [-0.1, -0.05) is 74.5 Å². The molecule has 1 aliphatic rings. The van der Waals surface area contributed by atoms with Gasteiger partial charge in [0.25, 0.3) is 0 Å². The summed E-state index contributed by atoms with van der Waals surface area (Å²) >= 11 is 0. The summed E-state index contributed by atoms with van der Waals surface area (Å²) in [6.45, 7) is 6.81. The Morgan fingerprint density at radius 3 is 2.21 bits per heavy atom. The third-order valence-corrected chi connectivity index (χ3v) is 5.77. The van der Waals surface area contributed by atoms with Crippen molar-refractivity contribution in [1.29, 1.82) is 0 Å². The Hall–Kier alpha value is -2.17. The monoisotopic (exact) mass is 380 g/mol. The Kier molecular flexibility index (Phi) is 7.24. The van der Waals surface area contributed by atoms with E-state index in [1.807, 2.05) is 24.3 Å². The van der Waals surface area contributed by atoms with Gasteiger partial charge < -0.3 is 15.4 Å². The summed E-state index contributed by atoms with van der Waals surface area (Å²) in [5.74, 6) is 0.449. The van der Waals surface area contributed by atoms with Crippen molar-refractivity contribution in [2.24, 2.45) is 5.92 Å². The first-order chi connectivity index (χ1) is 13.6. The molecular formula is C24H32N2O2. The van der Waals surface area contributed by atoms with Gasteiger partial charge in [-0.25, -0.2) is 0 Å². The van der Waals surface area contributed by atoms with Crippen LogP contribution in [0.2, 0.25) is 0 Å². The van der Waals surface area contributed by atoms with Gasteiger partial charge in [0.2, 0.25) is 5.91 Å². The molecule has 28 heavy (non-hydrogen) atoms. The van der Waals surface area contributed by atoms with Crippen LogP contribution < -0.4 is 10.6 Å². The highest BCUT2D eigenvalue weighted by Crippen LogP contribution is 2.34. The zero-order valence-electron chi connectivity index (χ0n) is 17.0. The SMILES string of the molecule is CC(C)C(NCC(=O)NCC1(c2ccccc2)CCOCC1)c1ccccc1. The summed E-state index contributed by atoms with van der Waals surface area (Å²) < 4.78 is 5.58. The van der Waals surface area contributed by atoms with Gasteiger partial charge >= 0.3 is 0 Å². The standard InChI is InChI=1S/C24H32N2O2/c1-19(2)23(20-9-5-3-6-10-20)25-17-22(27)26-18-24(13-15-28-16-14-24)21-11-7-4-8-12-21/h3-12,19,23,25H,13-18H2,1-2H3,(H,26,27). The number of hydrogen-bond acceptors (Lipinski definition) is 3. The minimum atomic E-state index is -0.0357. The Balaban J connectivity index is 1.59. The Morgan fingerprint density at radius 2 is 1.61 bits per heavy atom. The molecule has 1 unspecified atom stereocenters. The third-order valence-electron chi connectivity index (χ3n) is 5.77. The maximum atomic E-state index is 12.6. The largest absolute Gasteiger partial charge is 0.381 e. The van der Waals surface area contributed by atoms with Crippen LogP contribution in [0.25, 0.3) is 0 Å². The minimum absolute atomic E-state index is 0.0357. The fourth-order valence-electron chi connectivity index (χ4n) is 4.05. The van der Waals surface area contributed by atoms with Crippen LogP contribution in [0.15, 0.2) is 60.7 Å². The zero-order valence-corrected chi connectivity index (χ0v) is 17.0. The zero-order chi connectivity index (χ0) is 19.8. The molecule has 2 N–H and O–H groups in total. The van der Waals surface area contributed by atoms with Crippen LogP contribution in [0.1, 0.15) is 43.9 Å². The van der Waals surface area contributed by atoms with Crippen molar-refractivity contribution >= 4 is 5.91 Å². The lowest BCUT2D eigenvalue weighted by Gasteiger charge is -2.38. The molecule has 1 fully saturated rings. The third kappa shape index (κ3) is 5.21. The topological polar surface area (TPSA) is 50.4 Å². The quantitative estimate of drug-likeness (QED) is 0.732. The Labute approximate surface area is 168 Å². The van der Waals surface area contributed by atoms with E-state index in [0.29, 0.717) is 19.0 Å². The van der Waals surface area contributed by atoms with Crippen molar-refractivity contribution < 1.29 is 9.53 Å². The molecule has 1 atom stereocenters. The normalized spacial score (nSPS) is 17.2. The lowest BCUT2D eigenvalue weighted by Crippen LogP contribution is -2.47. The van der Waals surface area contributed by atoms with E-state index in [1.54, 1.807) is 0 Å². The lowest BCUT2D eigenvalue weighted by molar-refractivity contribution is -0.120. The first-order valence-electron chi connectivity index (χ1n) is 10.3. The number of benzene rings is 2. The average Bonchev–Trinajstić information content (AvgIpc) is 2.74. The molecule has 1 heterocycles. The molecule has 0 bridgehead atoms. The van der Waals surface area contributed by atoms with Gasteiger partial charge in [0.05, 0.1) is 6.54 Å². The van der Waals surface area contributed by atoms with Gasteiger partial charge in [0.1, 0.15) is 0 Å². The predicted octanol–water partition coefficient (Wildman–Crippen LogP) is 3.84. The first kappa shape index (κ1) is 20.6. The van der Waals surface area contributed by atoms with Crippen molar-refractivity contribution in [3.05, 3.63) is 71.8 Å². The summed E-state index contributed by atoms with van der Waals surface area (Å²) in [6.07, 6.45) is 1.87.